The van der Waals surface area contributed by atoms with Gasteiger partial charge in [0.05, 0.1) is 11.0 Å². The zero-order valence-corrected chi connectivity index (χ0v) is 14.9. The molecule has 0 aliphatic carbocycles. The smallest absolute Gasteiger partial charge is 0.261 e. The molecule has 21 heavy (non-hydrogen) atoms. The highest BCUT2D eigenvalue weighted by molar-refractivity contribution is 8.13. The van der Waals surface area contributed by atoms with Gasteiger partial charge in [-0.25, -0.2) is 8.42 Å². The summed E-state index contributed by atoms with van der Waals surface area (Å²) in [7, 11) is 3.34. The van der Waals surface area contributed by atoms with Crippen LogP contribution in [0.3, 0.4) is 0 Å². The van der Waals surface area contributed by atoms with Crippen molar-refractivity contribution in [1.82, 2.24) is 0 Å². The number of benzene rings is 1. The molecule has 0 fully saturated rings. The van der Waals surface area contributed by atoms with E-state index in [-0.39, 0.29) is 16.4 Å². The van der Waals surface area contributed by atoms with Crippen LogP contribution in [0.25, 0.3) is 0 Å². The van der Waals surface area contributed by atoms with Crippen LogP contribution in [0.4, 0.5) is 0 Å². The Hall–Kier alpha value is -0.780. The SMILES string of the molecule is COC(C)COc1cc(C)c(S(=O)(=O)Cl)cc1C(C)(C)C. The van der Waals surface area contributed by atoms with E-state index in [2.05, 4.69) is 0 Å². The third-order valence-corrected chi connectivity index (χ3v) is 4.69. The predicted molar refractivity (Wildman–Crippen MR) is 84.9 cm³/mol. The summed E-state index contributed by atoms with van der Waals surface area (Å²) < 4.78 is 34.3. The van der Waals surface area contributed by atoms with Crippen molar-refractivity contribution in [2.75, 3.05) is 13.7 Å². The van der Waals surface area contributed by atoms with E-state index in [4.69, 9.17) is 20.2 Å². The van der Waals surface area contributed by atoms with Gasteiger partial charge in [0.1, 0.15) is 12.4 Å². The molecule has 6 heteroatoms. The number of rotatable bonds is 5. The molecule has 0 amide bonds. The molecule has 120 valence electrons. The van der Waals surface area contributed by atoms with Gasteiger partial charge in [-0.2, -0.15) is 0 Å². The van der Waals surface area contributed by atoms with Crippen molar-refractivity contribution in [2.24, 2.45) is 0 Å². The second-order valence-corrected chi connectivity index (χ2v) is 8.69. The van der Waals surface area contributed by atoms with Crippen molar-refractivity contribution in [3.05, 3.63) is 23.3 Å². The van der Waals surface area contributed by atoms with Crippen molar-refractivity contribution in [3.8, 4) is 5.75 Å². The first-order chi connectivity index (χ1) is 9.46. The lowest BCUT2D eigenvalue weighted by molar-refractivity contribution is 0.0709. The van der Waals surface area contributed by atoms with E-state index in [1.165, 1.54) is 0 Å². The zero-order valence-electron chi connectivity index (χ0n) is 13.4. The lowest BCUT2D eigenvalue weighted by Gasteiger charge is -2.25. The molecule has 1 aromatic carbocycles. The molecular weight excluding hydrogens is 312 g/mol. The lowest BCUT2D eigenvalue weighted by atomic mass is 9.86. The fourth-order valence-electron chi connectivity index (χ4n) is 1.90. The van der Waals surface area contributed by atoms with Crippen molar-refractivity contribution >= 4 is 19.7 Å². The van der Waals surface area contributed by atoms with Gasteiger partial charge < -0.3 is 9.47 Å². The van der Waals surface area contributed by atoms with Crippen LogP contribution in [0, 0.1) is 6.92 Å². The third-order valence-electron chi connectivity index (χ3n) is 3.22. The predicted octanol–water partition coefficient (Wildman–Crippen LogP) is 3.63. The first kappa shape index (κ1) is 18.3. The van der Waals surface area contributed by atoms with Crippen LogP contribution in [0.1, 0.15) is 38.8 Å². The molecule has 0 radical (unpaired) electrons. The van der Waals surface area contributed by atoms with Crippen LogP contribution in [-0.2, 0) is 19.2 Å². The highest BCUT2D eigenvalue weighted by Crippen LogP contribution is 2.36. The van der Waals surface area contributed by atoms with Crippen LogP contribution < -0.4 is 4.74 Å². The van der Waals surface area contributed by atoms with E-state index in [0.717, 1.165) is 5.56 Å². The number of methoxy groups -OCH3 is 1. The van der Waals surface area contributed by atoms with Gasteiger partial charge in [-0.3, -0.25) is 0 Å². The fourth-order valence-corrected chi connectivity index (χ4v) is 3.11. The minimum Gasteiger partial charge on any atom is -0.491 e. The number of ether oxygens (including phenoxy) is 2. The first-order valence-electron chi connectivity index (χ1n) is 6.72. The maximum absolute atomic E-state index is 11.7. The van der Waals surface area contributed by atoms with E-state index in [9.17, 15) is 8.42 Å². The van der Waals surface area contributed by atoms with Gasteiger partial charge in [0.2, 0.25) is 0 Å². The molecule has 1 atom stereocenters. The Kier molecular flexibility index (Phi) is 5.69. The monoisotopic (exact) mass is 334 g/mol. The van der Waals surface area contributed by atoms with Gasteiger partial charge in [0.25, 0.3) is 9.05 Å². The van der Waals surface area contributed by atoms with Gasteiger partial charge >= 0.3 is 0 Å². The second-order valence-electron chi connectivity index (χ2n) is 6.16. The van der Waals surface area contributed by atoms with Crippen LogP contribution >= 0.6 is 10.7 Å². The van der Waals surface area contributed by atoms with Gasteiger partial charge in [-0.1, -0.05) is 20.8 Å². The molecule has 0 N–H and O–H groups in total. The molecule has 0 aromatic heterocycles. The van der Waals surface area contributed by atoms with Gasteiger partial charge in [-0.05, 0) is 37.0 Å². The highest BCUT2D eigenvalue weighted by Gasteiger charge is 2.24. The van der Waals surface area contributed by atoms with Crippen molar-refractivity contribution < 1.29 is 17.9 Å². The number of hydrogen-bond acceptors (Lipinski definition) is 4. The molecule has 1 rings (SSSR count). The molecule has 0 aliphatic rings. The van der Waals surface area contributed by atoms with Gasteiger partial charge in [-0.15, -0.1) is 0 Å². The lowest BCUT2D eigenvalue weighted by Crippen LogP contribution is -2.20. The number of halogens is 1. The topological polar surface area (TPSA) is 52.6 Å². The highest BCUT2D eigenvalue weighted by atomic mass is 35.7. The Bertz CT molecular complexity index is 603. The summed E-state index contributed by atoms with van der Waals surface area (Å²) in [6.07, 6.45) is -0.0467. The molecule has 1 unspecified atom stereocenters. The fraction of sp³-hybridized carbons (Fsp3) is 0.600. The minimum absolute atomic E-state index is 0.0467. The Balaban J connectivity index is 3.34. The van der Waals surface area contributed by atoms with E-state index in [1.54, 1.807) is 26.2 Å². The normalized spacial score (nSPS) is 14.0. The molecule has 0 spiro atoms. The number of hydrogen-bond donors (Lipinski definition) is 0. The van der Waals surface area contributed by atoms with E-state index < -0.39 is 9.05 Å². The summed E-state index contributed by atoms with van der Waals surface area (Å²) in [5.74, 6) is 0.660. The third kappa shape index (κ3) is 4.87. The average molecular weight is 335 g/mol. The summed E-state index contributed by atoms with van der Waals surface area (Å²) >= 11 is 0. The molecule has 4 nitrogen and oxygen atoms in total. The maximum atomic E-state index is 11.7. The van der Waals surface area contributed by atoms with Gasteiger partial charge in [0.15, 0.2) is 0 Å². The van der Waals surface area contributed by atoms with Crippen molar-refractivity contribution in [1.29, 1.82) is 0 Å². The molecule has 0 bridgehead atoms. The molecule has 0 saturated heterocycles. The Morgan fingerprint density at radius 3 is 2.29 bits per heavy atom. The van der Waals surface area contributed by atoms with Crippen molar-refractivity contribution in [2.45, 2.75) is 51.0 Å². The summed E-state index contributed by atoms with van der Waals surface area (Å²) in [5, 5.41) is 0. The van der Waals surface area contributed by atoms with E-state index in [1.807, 2.05) is 27.7 Å². The molecule has 0 aliphatic heterocycles. The van der Waals surface area contributed by atoms with Gasteiger partial charge in [0, 0.05) is 23.4 Å². The largest absolute Gasteiger partial charge is 0.491 e. The maximum Gasteiger partial charge on any atom is 0.261 e. The van der Waals surface area contributed by atoms with Crippen LogP contribution in [-0.4, -0.2) is 28.2 Å². The summed E-state index contributed by atoms with van der Waals surface area (Å²) in [5.41, 5.74) is 1.10. The summed E-state index contributed by atoms with van der Waals surface area (Å²) in [6.45, 7) is 9.99. The molecule has 0 saturated carbocycles. The van der Waals surface area contributed by atoms with E-state index in [0.29, 0.717) is 17.9 Å². The van der Waals surface area contributed by atoms with E-state index >= 15 is 0 Å². The quantitative estimate of drug-likeness (QED) is 0.771. The first-order valence-corrected chi connectivity index (χ1v) is 9.03. The summed E-state index contributed by atoms with van der Waals surface area (Å²) in [6, 6.07) is 3.32. The molecular formula is C15H23ClO4S. The Morgan fingerprint density at radius 1 is 1.29 bits per heavy atom. The summed E-state index contributed by atoms with van der Waals surface area (Å²) in [4.78, 5) is 0.126. The second kappa shape index (κ2) is 6.55. The number of aryl methyl sites for hydroxylation is 1. The molecule has 1 aromatic rings. The van der Waals surface area contributed by atoms with Crippen LogP contribution in [0.2, 0.25) is 0 Å². The molecule has 0 heterocycles. The Morgan fingerprint density at radius 2 is 1.86 bits per heavy atom. The average Bonchev–Trinajstić information content (AvgIpc) is 2.32. The standard InChI is InChI=1S/C15H23ClO4S/c1-10-7-13(20-9-11(2)19-6)12(15(3,4)5)8-14(10)21(16,17)18/h7-8,11H,9H2,1-6H3. The van der Waals surface area contributed by atoms with Crippen LogP contribution in [0.15, 0.2) is 17.0 Å². The minimum atomic E-state index is -3.78. The zero-order chi connectivity index (χ0) is 16.4. The van der Waals surface area contributed by atoms with Crippen molar-refractivity contribution in [3.63, 3.8) is 0 Å². The Labute approximate surface area is 131 Å². The van der Waals surface area contributed by atoms with Crippen LogP contribution in [0.5, 0.6) is 5.75 Å².